The van der Waals surface area contributed by atoms with Crippen molar-refractivity contribution in [2.75, 3.05) is 5.32 Å². The largest absolute Gasteiger partial charge is 0.361 e. The molecule has 0 fully saturated rings. The van der Waals surface area contributed by atoms with Crippen molar-refractivity contribution in [3.05, 3.63) is 81.5 Å². The number of nitrogens with zero attached hydrogens (tertiary/aromatic N) is 2. The molecule has 5 nitrogen and oxygen atoms in total. The van der Waals surface area contributed by atoms with Gasteiger partial charge in [0.2, 0.25) is 5.91 Å². The number of carbonyl (C=O) groups excluding carboxylic acids is 1. The highest BCUT2D eigenvalue weighted by Gasteiger charge is 2.12. The van der Waals surface area contributed by atoms with Gasteiger partial charge in [0.1, 0.15) is 0 Å². The molecule has 0 aliphatic carbocycles. The molecule has 7 heteroatoms. The number of hydrogen-bond donors (Lipinski definition) is 2. The van der Waals surface area contributed by atoms with Crippen molar-refractivity contribution >= 4 is 50.2 Å². The Morgan fingerprint density at radius 2 is 1.93 bits per heavy atom. The van der Waals surface area contributed by atoms with Gasteiger partial charge in [-0.3, -0.25) is 9.48 Å². The van der Waals surface area contributed by atoms with Crippen LogP contribution in [-0.4, -0.2) is 20.7 Å². The van der Waals surface area contributed by atoms with Crippen molar-refractivity contribution in [1.82, 2.24) is 14.8 Å². The minimum Gasteiger partial charge on any atom is -0.361 e. The topological polar surface area (TPSA) is 62.7 Å². The molecule has 2 aromatic heterocycles. The van der Waals surface area contributed by atoms with Crippen molar-refractivity contribution in [2.45, 2.75) is 25.8 Å². The lowest BCUT2D eigenvalue weighted by atomic mass is 10.1. The summed E-state index contributed by atoms with van der Waals surface area (Å²) in [6.07, 6.45) is 5.91. The third-order valence-electron chi connectivity index (χ3n) is 4.79. The maximum absolute atomic E-state index is 12.4. The predicted molar refractivity (Wildman–Crippen MR) is 120 cm³/mol. The summed E-state index contributed by atoms with van der Waals surface area (Å²) >= 11 is 9.69. The Morgan fingerprint density at radius 1 is 1.14 bits per heavy atom. The molecule has 0 spiro atoms. The molecule has 2 heterocycles. The summed E-state index contributed by atoms with van der Waals surface area (Å²) in [5, 5.41) is 9.26. The maximum Gasteiger partial charge on any atom is 0.225 e. The summed E-state index contributed by atoms with van der Waals surface area (Å²) in [6.45, 7) is 0.536. The molecule has 1 amide bonds. The third kappa shape index (κ3) is 4.71. The summed E-state index contributed by atoms with van der Waals surface area (Å²) in [6, 6.07) is 15.9. The summed E-state index contributed by atoms with van der Waals surface area (Å²) in [7, 11) is 0. The van der Waals surface area contributed by atoms with Crippen LogP contribution in [0.3, 0.4) is 0 Å². The number of aromatic amines is 1. The third-order valence-corrected chi connectivity index (χ3v) is 5.74. The number of amides is 1. The van der Waals surface area contributed by atoms with Gasteiger partial charge >= 0.3 is 0 Å². The lowest BCUT2D eigenvalue weighted by molar-refractivity contribution is -0.116. The molecule has 148 valence electrons. The van der Waals surface area contributed by atoms with Gasteiger partial charge in [0.15, 0.2) is 5.82 Å². The van der Waals surface area contributed by atoms with Crippen molar-refractivity contribution in [3.8, 4) is 0 Å². The molecule has 0 saturated heterocycles. The highest BCUT2D eigenvalue weighted by atomic mass is 79.9. The van der Waals surface area contributed by atoms with E-state index < -0.39 is 0 Å². The minimum absolute atomic E-state index is 0.0477. The van der Waals surface area contributed by atoms with Gasteiger partial charge in [0.05, 0.1) is 11.0 Å². The zero-order valence-electron chi connectivity index (χ0n) is 15.7. The first-order valence-corrected chi connectivity index (χ1v) is 10.6. The first-order chi connectivity index (χ1) is 14.1. The zero-order valence-corrected chi connectivity index (χ0v) is 18.0. The number of para-hydroxylation sites is 1. The molecule has 0 bridgehead atoms. The number of carbonyl (C=O) groups is 1. The second kappa shape index (κ2) is 8.84. The molecule has 2 N–H and O–H groups in total. The van der Waals surface area contributed by atoms with E-state index in [1.165, 1.54) is 10.9 Å². The average molecular weight is 472 g/mol. The maximum atomic E-state index is 12.4. The van der Waals surface area contributed by atoms with Gasteiger partial charge in [-0.25, -0.2) is 0 Å². The molecular weight excluding hydrogens is 452 g/mol. The Balaban J connectivity index is 1.32. The lowest BCUT2D eigenvalue weighted by Gasteiger charge is -2.05. The van der Waals surface area contributed by atoms with Crippen molar-refractivity contribution in [2.24, 2.45) is 0 Å². The fraction of sp³-hybridized carbons (Fsp3) is 0.182. The van der Waals surface area contributed by atoms with Crippen molar-refractivity contribution in [3.63, 3.8) is 0 Å². The van der Waals surface area contributed by atoms with Crippen LogP contribution in [0.2, 0.25) is 5.02 Å². The molecule has 4 aromatic rings. The first-order valence-electron chi connectivity index (χ1n) is 9.41. The Kier molecular flexibility index (Phi) is 6.02. The summed E-state index contributed by atoms with van der Waals surface area (Å²) < 4.78 is 2.50. The van der Waals surface area contributed by atoms with Crippen LogP contribution >= 0.6 is 27.5 Å². The number of hydrogen-bond acceptors (Lipinski definition) is 2. The van der Waals surface area contributed by atoms with Crippen LogP contribution in [0.15, 0.2) is 65.4 Å². The zero-order chi connectivity index (χ0) is 20.2. The van der Waals surface area contributed by atoms with E-state index in [0.717, 1.165) is 28.4 Å². The van der Waals surface area contributed by atoms with Gasteiger partial charge in [0, 0.05) is 34.7 Å². The molecule has 29 heavy (non-hydrogen) atoms. The van der Waals surface area contributed by atoms with Crippen LogP contribution in [0, 0.1) is 0 Å². The fourth-order valence-corrected chi connectivity index (χ4v) is 3.95. The standard InChI is InChI=1S/C22H20BrClN4O/c23-18-14-28(13-16-6-1-3-9-19(16)24)27-22(18)26-21(29)11-5-7-15-12-25-20-10-4-2-8-17(15)20/h1-4,6,8-10,12,14,25H,5,7,11,13H2,(H,26,27,29). The van der Waals surface area contributed by atoms with Gasteiger partial charge in [0.25, 0.3) is 0 Å². The van der Waals surface area contributed by atoms with Gasteiger partial charge < -0.3 is 10.3 Å². The normalized spacial score (nSPS) is 11.1. The number of rotatable bonds is 7. The van der Waals surface area contributed by atoms with E-state index in [1.807, 2.05) is 48.8 Å². The van der Waals surface area contributed by atoms with E-state index in [0.29, 0.717) is 23.8 Å². The Labute approximate surface area is 182 Å². The first kappa shape index (κ1) is 19.7. The SMILES string of the molecule is O=C(CCCc1c[nH]c2ccccc12)Nc1nn(Cc2ccccc2Cl)cc1Br. The summed E-state index contributed by atoms with van der Waals surface area (Å²) in [5.41, 5.74) is 3.33. The fourth-order valence-electron chi connectivity index (χ4n) is 3.34. The quantitative estimate of drug-likeness (QED) is 0.358. The molecule has 0 aliphatic rings. The number of aromatic nitrogens is 3. The minimum atomic E-state index is -0.0477. The van der Waals surface area contributed by atoms with Gasteiger partial charge in [-0.05, 0) is 52.0 Å². The van der Waals surface area contributed by atoms with Crippen LogP contribution in [0.1, 0.15) is 24.0 Å². The highest BCUT2D eigenvalue weighted by molar-refractivity contribution is 9.10. The van der Waals surface area contributed by atoms with E-state index in [-0.39, 0.29) is 5.91 Å². The second-order valence-electron chi connectivity index (χ2n) is 6.88. The van der Waals surface area contributed by atoms with Crippen LogP contribution in [0.25, 0.3) is 10.9 Å². The molecule has 0 aliphatic heterocycles. The van der Waals surface area contributed by atoms with Crippen LogP contribution in [0.5, 0.6) is 0 Å². The van der Waals surface area contributed by atoms with E-state index in [2.05, 4.69) is 43.5 Å². The molecule has 0 unspecified atom stereocenters. The van der Waals surface area contributed by atoms with Gasteiger partial charge in [-0.2, -0.15) is 5.10 Å². The average Bonchev–Trinajstić information content (AvgIpc) is 3.27. The number of H-pyrrole nitrogens is 1. The van der Waals surface area contributed by atoms with E-state index >= 15 is 0 Å². The number of benzene rings is 2. The number of aryl methyl sites for hydroxylation is 1. The smallest absolute Gasteiger partial charge is 0.225 e. The van der Waals surface area contributed by atoms with Crippen molar-refractivity contribution < 1.29 is 4.79 Å². The molecule has 2 aromatic carbocycles. The highest BCUT2D eigenvalue weighted by Crippen LogP contribution is 2.23. The molecular formula is C22H20BrClN4O. The Bertz CT molecular complexity index is 1150. The second-order valence-corrected chi connectivity index (χ2v) is 8.14. The van der Waals surface area contributed by atoms with E-state index in [9.17, 15) is 4.79 Å². The van der Waals surface area contributed by atoms with Gasteiger partial charge in [-0.15, -0.1) is 0 Å². The molecule has 0 saturated carbocycles. The van der Waals surface area contributed by atoms with E-state index in [1.54, 1.807) is 4.68 Å². The van der Waals surface area contributed by atoms with E-state index in [4.69, 9.17) is 11.6 Å². The van der Waals surface area contributed by atoms with Crippen LogP contribution < -0.4 is 5.32 Å². The summed E-state index contributed by atoms with van der Waals surface area (Å²) in [4.78, 5) is 15.6. The number of anilines is 1. The molecule has 0 atom stereocenters. The van der Waals surface area contributed by atoms with Crippen LogP contribution in [-0.2, 0) is 17.8 Å². The summed E-state index contributed by atoms with van der Waals surface area (Å²) in [5.74, 6) is 0.475. The predicted octanol–water partition coefficient (Wildman–Crippen LogP) is 5.79. The lowest BCUT2D eigenvalue weighted by Crippen LogP contribution is -2.13. The Hall–Kier alpha value is -2.57. The number of halogens is 2. The Morgan fingerprint density at radius 3 is 2.79 bits per heavy atom. The monoisotopic (exact) mass is 470 g/mol. The molecule has 0 radical (unpaired) electrons. The van der Waals surface area contributed by atoms with Crippen molar-refractivity contribution in [1.29, 1.82) is 0 Å². The van der Waals surface area contributed by atoms with Gasteiger partial charge in [-0.1, -0.05) is 48.0 Å². The number of fused-ring (bicyclic) bond motifs is 1. The molecule has 4 rings (SSSR count). The van der Waals surface area contributed by atoms with Crippen LogP contribution in [0.4, 0.5) is 5.82 Å². The number of nitrogens with one attached hydrogen (secondary N) is 2.